The standard InChI is InChI=1S/C19H22ClN5O2S/c20-14-3-1-13(2-4-14)9-16(21)19(26)25-7-5-24(6-8-25)18-15-10-28(27)11-17(15)22-12-23-18/h1-4,12,16H,5-11,21H2/t16-,28?/m1/s1. The Bertz CT molecular complexity index is 858. The van der Waals surface area contributed by atoms with Crippen LogP contribution in [0.4, 0.5) is 5.82 Å². The van der Waals surface area contributed by atoms with Crippen LogP contribution in [0.25, 0.3) is 0 Å². The number of nitrogens with two attached hydrogens (primary N) is 1. The van der Waals surface area contributed by atoms with Crippen molar-refractivity contribution in [2.75, 3.05) is 31.1 Å². The summed E-state index contributed by atoms with van der Waals surface area (Å²) < 4.78 is 11.9. The Kier molecular flexibility index (Phi) is 5.73. The minimum absolute atomic E-state index is 0.0383. The molecule has 1 aromatic carbocycles. The van der Waals surface area contributed by atoms with Crippen LogP contribution in [0.2, 0.25) is 5.02 Å². The summed E-state index contributed by atoms with van der Waals surface area (Å²) in [5.41, 5.74) is 9.02. The first-order valence-corrected chi connectivity index (χ1v) is 11.1. The first-order valence-electron chi connectivity index (χ1n) is 9.23. The van der Waals surface area contributed by atoms with Crippen LogP contribution in [0.3, 0.4) is 0 Å². The van der Waals surface area contributed by atoms with Crippen molar-refractivity contribution < 1.29 is 9.35 Å². The van der Waals surface area contributed by atoms with Crippen molar-refractivity contribution in [1.29, 1.82) is 0 Å². The van der Waals surface area contributed by atoms with Crippen molar-refractivity contribution in [2.24, 2.45) is 5.73 Å². The molecule has 3 heterocycles. The molecule has 148 valence electrons. The number of benzene rings is 1. The molecule has 2 aliphatic heterocycles. The lowest BCUT2D eigenvalue weighted by Crippen LogP contribution is -2.54. The van der Waals surface area contributed by atoms with Crippen molar-refractivity contribution in [2.45, 2.75) is 24.0 Å². The molecule has 2 atom stereocenters. The van der Waals surface area contributed by atoms with Gasteiger partial charge in [-0.3, -0.25) is 4.79 Å². The summed E-state index contributed by atoms with van der Waals surface area (Å²) in [7, 11) is 0. The molecule has 7 nitrogen and oxygen atoms in total. The van der Waals surface area contributed by atoms with Crippen molar-refractivity contribution in [1.82, 2.24) is 14.9 Å². The van der Waals surface area contributed by atoms with Crippen LogP contribution < -0.4 is 10.6 Å². The second-order valence-corrected chi connectivity index (χ2v) is 8.99. The van der Waals surface area contributed by atoms with Crippen molar-refractivity contribution in [3.63, 3.8) is 0 Å². The van der Waals surface area contributed by atoms with Gasteiger partial charge in [0.15, 0.2) is 0 Å². The van der Waals surface area contributed by atoms with Crippen LogP contribution in [0.1, 0.15) is 16.8 Å². The largest absolute Gasteiger partial charge is 0.616 e. The molecule has 1 saturated heterocycles. The first-order chi connectivity index (χ1) is 13.5. The quantitative estimate of drug-likeness (QED) is 0.745. The number of amides is 1. The third-order valence-electron chi connectivity index (χ3n) is 5.19. The minimum Gasteiger partial charge on any atom is -0.616 e. The Balaban J connectivity index is 1.36. The maximum atomic E-state index is 12.7. The van der Waals surface area contributed by atoms with Gasteiger partial charge in [0, 0.05) is 31.2 Å². The van der Waals surface area contributed by atoms with Gasteiger partial charge in [-0.2, -0.15) is 0 Å². The monoisotopic (exact) mass is 419 g/mol. The van der Waals surface area contributed by atoms with Crippen LogP contribution in [-0.4, -0.2) is 57.5 Å². The predicted octanol–water partition coefficient (Wildman–Crippen LogP) is 1.11. The van der Waals surface area contributed by atoms with E-state index >= 15 is 0 Å². The molecular weight excluding hydrogens is 398 g/mol. The number of rotatable bonds is 4. The highest BCUT2D eigenvalue weighted by molar-refractivity contribution is 7.90. The van der Waals surface area contributed by atoms with Crippen LogP contribution in [0, 0.1) is 0 Å². The van der Waals surface area contributed by atoms with Crippen LogP contribution in [-0.2, 0) is 33.9 Å². The van der Waals surface area contributed by atoms with Crippen LogP contribution in [0.15, 0.2) is 30.6 Å². The summed E-state index contributed by atoms with van der Waals surface area (Å²) in [6, 6.07) is 6.83. The fourth-order valence-electron chi connectivity index (χ4n) is 3.68. The molecular formula is C19H22ClN5O2S. The summed E-state index contributed by atoms with van der Waals surface area (Å²) in [6.45, 7) is 2.54. The minimum atomic E-state index is -0.894. The van der Waals surface area contributed by atoms with Crippen molar-refractivity contribution in [3.05, 3.63) is 52.4 Å². The summed E-state index contributed by atoms with van der Waals surface area (Å²) in [5, 5.41) is 0.666. The van der Waals surface area contributed by atoms with Gasteiger partial charge in [-0.05, 0) is 35.3 Å². The molecule has 0 aliphatic carbocycles. The highest BCUT2D eigenvalue weighted by Gasteiger charge is 2.32. The normalized spacial score (nSPS) is 20.2. The van der Waals surface area contributed by atoms with Gasteiger partial charge in [-0.15, -0.1) is 0 Å². The number of hydrogen-bond acceptors (Lipinski definition) is 6. The first kappa shape index (κ1) is 19.4. The summed E-state index contributed by atoms with van der Waals surface area (Å²) in [4.78, 5) is 25.4. The number of piperazine rings is 1. The molecule has 2 aliphatic rings. The molecule has 2 N–H and O–H groups in total. The van der Waals surface area contributed by atoms with Crippen LogP contribution >= 0.6 is 11.6 Å². The molecule has 4 rings (SSSR count). The van der Waals surface area contributed by atoms with E-state index in [0.717, 1.165) is 22.6 Å². The van der Waals surface area contributed by atoms with E-state index in [2.05, 4.69) is 14.9 Å². The lowest BCUT2D eigenvalue weighted by atomic mass is 10.1. The smallest absolute Gasteiger partial charge is 0.239 e. The lowest BCUT2D eigenvalue weighted by Gasteiger charge is -2.37. The molecule has 9 heteroatoms. The number of carbonyl (C=O) groups is 1. The van der Waals surface area contributed by atoms with Crippen molar-refractivity contribution >= 4 is 34.5 Å². The number of anilines is 1. The zero-order valence-corrected chi connectivity index (χ0v) is 17.0. The van der Waals surface area contributed by atoms with E-state index < -0.39 is 17.2 Å². The number of carbonyl (C=O) groups excluding carboxylic acids is 1. The third-order valence-corrected chi connectivity index (χ3v) is 6.65. The number of nitrogens with zero attached hydrogens (tertiary/aromatic N) is 4. The summed E-state index contributed by atoms with van der Waals surface area (Å²) >= 11 is 5.01. The van der Waals surface area contributed by atoms with Gasteiger partial charge in [0.2, 0.25) is 5.91 Å². The molecule has 0 spiro atoms. The van der Waals surface area contributed by atoms with E-state index in [4.69, 9.17) is 17.3 Å². The fourth-order valence-corrected chi connectivity index (χ4v) is 5.08. The van der Waals surface area contributed by atoms with Gasteiger partial charge in [-0.1, -0.05) is 23.7 Å². The molecule has 1 unspecified atom stereocenters. The number of halogens is 1. The number of fused-ring (bicyclic) bond motifs is 1. The molecule has 0 radical (unpaired) electrons. The summed E-state index contributed by atoms with van der Waals surface area (Å²) in [6.07, 6.45) is 2.03. The van der Waals surface area contributed by atoms with E-state index in [1.54, 1.807) is 12.1 Å². The molecule has 1 fully saturated rings. The zero-order valence-electron chi connectivity index (χ0n) is 15.4. The SMILES string of the molecule is N[C@H](Cc1ccc(Cl)cc1)C(=O)N1CCN(c2ncnc3c2C[S+]([O-])C3)CC1. The van der Waals surface area contributed by atoms with E-state index in [9.17, 15) is 9.35 Å². The fraction of sp³-hybridized carbons (Fsp3) is 0.421. The van der Waals surface area contributed by atoms with E-state index in [1.165, 1.54) is 6.33 Å². The highest BCUT2D eigenvalue weighted by atomic mass is 35.5. The number of hydrogen-bond donors (Lipinski definition) is 1. The third kappa shape index (κ3) is 4.10. The maximum absolute atomic E-state index is 12.7. The Morgan fingerprint density at radius 2 is 1.89 bits per heavy atom. The van der Waals surface area contributed by atoms with E-state index in [-0.39, 0.29) is 5.91 Å². The average Bonchev–Trinajstić information content (AvgIpc) is 3.09. The van der Waals surface area contributed by atoms with Gasteiger partial charge in [0.1, 0.15) is 29.3 Å². The molecule has 0 saturated carbocycles. The van der Waals surface area contributed by atoms with Crippen molar-refractivity contribution in [3.8, 4) is 0 Å². The average molecular weight is 420 g/mol. The predicted molar refractivity (Wildman–Crippen MR) is 110 cm³/mol. The molecule has 28 heavy (non-hydrogen) atoms. The van der Waals surface area contributed by atoms with Gasteiger partial charge < -0.3 is 20.1 Å². The van der Waals surface area contributed by atoms with E-state index in [0.29, 0.717) is 49.1 Å². The second-order valence-electron chi connectivity index (χ2n) is 7.10. The molecule has 1 aromatic heterocycles. The Labute approximate surface area is 172 Å². The van der Waals surface area contributed by atoms with E-state index in [1.807, 2.05) is 17.0 Å². The van der Waals surface area contributed by atoms with Gasteiger partial charge in [-0.25, -0.2) is 9.97 Å². The molecule has 1 amide bonds. The Hall–Kier alpha value is -1.87. The maximum Gasteiger partial charge on any atom is 0.239 e. The molecule has 2 aromatic rings. The topological polar surface area (TPSA) is 98.4 Å². The van der Waals surface area contributed by atoms with Gasteiger partial charge in [0.25, 0.3) is 0 Å². The van der Waals surface area contributed by atoms with Gasteiger partial charge >= 0.3 is 0 Å². The lowest BCUT2D eigenvalue weighted by molar-refractivity contribution is -0.132. The zero-order chi connectivity index (χ0) is 19.7. The molecule has 0 bridgehead atoms. The Morgan fingerprint density at radius 3 is 2.61 bits per heavy atom. The number of aromatic nitrogens is 2. The Morgan fingerprint density at radius 1 is 1.18 bits per heavy atom. The highest BCUT2D eigenvalue weighted by Crippen LogP contribution is 2.30. The van der Waals surface area contributed by atoms with Gasteiger partial charge in [0.05, 0.1) is 11.6 Å². The second kappa shape index (κ2) is 8.24. The summed E-state index contributed by atoms with van der Waals surface area (Å²) in [5.74, 6) is 1.83. The van der Waals surface area contributed by atoms with Crippen LogP contribution in [0.5, 0.6) is 0 Å².